The highest BCUT2D eigenvalue weighted by atomic mass is 16.7. The van der Waals surface area contributed by atoms with E-state index < -0.39 is 11.7 Å². The van der Waals surface area contributed by atoms with Gasteiger partial charge in [0.2, 0.25) is 0 Å². The zero-order valence-corrected chi connectivity index (χ0v) is 16.9. The summed E-state index contributed by atoms with van der Waals surface area (Å²) >= 11 is 0. The minimum absolute atomic E-state index is 0.0851. The van der Waals surface area contributed by atoms with E-state index in [0.717, 1.165) is 42.8 Å². The van der Waals surface area contributed by atoms with Crippen molar-refractivity contribution in [3.63, 3.8) is 0 Å². The molecular formula is C22H32O4. The average Bonchev–Trinajstić information content (AvgIpc) is 3.02. The summed E-state index contributed by atoms with van der Waals surface area (Å²) in [6.45, 7) is 12.2. The van der Waals surface area contributed by atoms with Crippen LogP contribution in [0.5, 0.6) is 0 Å². The van der Waals surface area contributed by atoms with Gasteiger partial charge in [-0.3, -0.25) is 4.79 Å². The molecule has 0 amide bonds. The molecule has 3 rings (SSSR count). The summed E-state index contributed by atoms with van der Waals surface area (Å²) in [5, 5.41) is 0. The highest BCUT2D eigenvalue weighted by Crippen LogP contribution is 2.52. The lowest BCUT2D eigenvalue weighted by Crippen LogP contribution is -2.26. The van der Waals surface area contributed by atoms with Crippen LogP contribution >= 0.6 is 0 Å². The maximum Gasteiger partial charge on any atom is 0.303 e. The van der Waals surface area contributed by atoms with Gasteiger partial charge in [0.25, 0.3) is 0 Å². The van der Waals surface area contributed by atoms with Crippen molar-refractivity contribution in [3.8, 4) is 0 Å². The summed E-state index contributed by atoms with van der Waals surface area (Å²) in [5.74, 6) is 2.07. The first-order valence-corrected chi connectivity index (χ1v) is 9.86. The Morgan fingerprint density at radius 1 is 1.35 bits per heavy atom. The van der Waals surface area contributed by atoms with Crippen molar-refractivity contribution < 1.29 is 18.7 Å². The first kappa shape index (κ1) is 19.2. The normalized spacial score (nSPS) is 34.0. The zero-order chi connectivity index (χ0) is 19.1. The van der Waals surface area contributed by atoms with Gasteiger partial charge in [0.05, 0.1) is 6.10 Å². The van der Waals surface area contributed by atoms with E-state index in [2.05, 4.69) is 39.8 Å². The van der Waals surface area contributed by atoms with Crippen LogP contribution in [0.25, 0.3) is 0 Å². The van der Waals surface area contributed by atoms with Gasteiger partial charge >= 0.3 is 5.97 Å². The zero-order valence-electron chi connectivity index (χ0n) is 16.9. The lowest BCUT2D eigenvalue weighted by molar-refractivity contribution is -0.151. The summed E-state index contributed by atoms with van der Waals surface area (Å²) in [4.78, 5) is 11.8. The van der Waals surface area contributed by atoms with Crippen LogP contribution in [0.2, 0.25) is 0 Å². The fraction of sp³-hybridized carbons (Fsp3) is 0.682. The minimum atomic E-state index is -0.512. The van der Waals surface area contributed by atoms with E-state index in [4.69, 9.17) is 13.9 Å². The Morgan fingerprint density at radius 2 is 2.08 bits per heavy atom. The topological polar surface area (TPSA) is 52.0 Å². The molecule has 4 heteroatoms. The van der Waals surface area contributed by atoms with Crippen molar-refractivity contribution in [3.05, 3.63) is 34.8 Å². The summed E-state index contributed by atoms with van der Waals surface area (Å²) < 4.78 is 18.2. The molecule has 0 spiro atoms. The van der Waals surface area contributed by atoms with Crippen molar-refractivity contribution in [2.45, 2.75) is 96.9 Å². The third-order valence-electron chi connectivity index (χ3n) is 5.83. The molecule has 0 unspecified atom stereocenters. The summed E-state index contributed by atoms with van der Waals surface area (Å²) in [6.07, 6.45) is 5.99. The van der Waals surface area contributed by atoms with Gasteiger partial charge in [-0.25, -0.2) is 0 Å². The molecule has 2 aliphatic heterocycles. The van der Waals surface area contributed by atoms with Crippen LogP contribution in [0.1, 0.15) is 102 Å². The van der Waals surface area contributed by atoms with Crippen molar-refractivity contribution in [2.24, 2.45) is 0 Å². The van der Waals surface area contributed by atoms with Crippen LogP contribution in [-0.2, 0) is 14.3 Å². The molecule has 4 atom stereocenters. The number of fused-ring (bicyclic) bond motifs is 3. The molecule has 0 aliphatic carbocycles. The Balaban J connectivity index is 2.05. The van der Waals surface area contributed by atoms with Gasteiger partial charge in [0.15, 0.2) is 11.9 Å². The van der Waals surface area contributed by atoms with Crippen molar-refractivity contribution >= 4 is 5.97 Å². The van der Waals surface area contributed by atoms with E-state index in [-0.39, 0.29) is 12.1 Å². The molecule has 144 valence electrons. The van der Waals surface area contributed by atoms with Crippen LogP contribution in [0.3, 0.4) is 0 Å². The fourth-order valence-electron chi connectivity index (χ4n) is 3.97. The number of furan rings is 1. The number of esters is 1. The standard InChI is InChI=1S/C22H32O4/c1-13(2)17-12-18-15(4)9-7-8-14(3)10-11-19-22(6,26-19)21(20(17)25-18)24-16(5)23/h8,12-13,15,19,21H,7,9-11H2,1-6H3/b14-8+/t15-,19-,21-,22+/m0/s1. The molecule has 1 saturated heterocycles. The molecule has 0 saturated carbocycles. The van der Waals surface area contributed by atoms with E-state index in [1.54, 1.807) is 0 Å². The SMILES string of the molecule is CC(=O)O[C@H]1c2oc(cc2C(C)C)[C@@H](C)CC/C=C(\C)CC[C@@H]2O[C@]21C. The fourth-order valence-corrected chi connectivity index (χ4v) is 3.97. The number of hydrogen-bond acceptors (Lipinski definition) is 4. The molecule has 4 nitrogen and oxygen atoms in total. The summed E-state index contributed by atoms with van der Waals surface area (Å²) in [6, 6.07) is 2.16. The molecular weight excluding hydrogens is 328 g/mol. The van der Waals surface area contributed by atoms with Gasteiger partial charge in [-0.15, -0.1) is 0 Å². The Kier molecular flexibility index (Phi) is 5.34. The Labute approximate surface area is 156 Å². The second-order valence-electron chi connectivity index (χ2n) is 8.47. The number of epoxide rings is 1. The number of carbonyl (C=O) groups is 1. The second-order valence-corrected chi connectivity index (χ2v) is 8.47. The quantitative estimate of drug-likeness (QED) is 0.380. The lowest BCUT2D eigenvalue weighted by atomic mass is 9.90. The smallest absolute Gasteiger partial charge is 0.303 e. The minimum Gasteiger partial charge on any atom is -0.461 e. The third kappa shape index (κ3) is 3.75. The average molecular weight is 360 g/mol. The molecule has 0 N–H and O–H groups in total. The van der Waals surface area contributed by atoms with E-state index >= 15 is 0 Å². The second kappa shape index (κ2) is 7.22. The van der Waals surface area contributed by atoms with Gasteiger partial charge in [0.1, 0.15) is 11.4 Å². The van der Waals surface area contributed by atoms with Gasteiger partial charge < -0.3 is 13.9 Å². The summed E-state index contributed by atoms with van der Waals surface area (Å²) in [5.41, 5.74) is 2.01. The highest BCUT2D eigenvalue weighted by Gasteiger charge is 2.61. The number of carbonyl (C=O) groups excluding carboxylic acids is 1. The number of hydrogen-bond donors (Lipinski definition) is 0. The van der Waals surface area contributed by atoms with Gasteiger partial charge in [-0.1, -0.05) is 32.4 Å². The van der Waals surface area contributed by atoms with Gasteiger partial charge in [0, 0.05) is 18.4 Å². The van der Waals surface area contributed by atoms with Gasteiger partial charge in [-0.2, -0.15) is 0 Å². The van der Waals surface area contributed by atoms with Crippen LogP contribution in [0.15, 0.2) is 22.1 Å². The first-order chi connectivity index (χ1) is 12.2. The van der Waals surface area contributed by atoms with Crippen molar-refractivity contribution in [1.82, 2.24) is 0 Å². The Hall–Kier alpha value is -1.55. The molecule has 26 heavy (non-hydrogen) atoms. The predicted octanol–water partition coefficient (Wildman–Crippen LogP) is 5.79. The largest absolute Gasteiger partial charge is 0.461 e. The molecule has 0 aromatic carbocycles. The maximum absolute atomic E-state index is 11.8. The summed E-state index contributed by atoms with van der Waals surface area (Å²) in [7, 11) is 0. The van der Waals surface area contributed by atoms with Crippen LogP contribution in [0.4, 0.5) is 0 Å². The number of allylic oxidation sites excluding steroid dienone is 2. The number of ether oxygens (including phenoxy) is 2. The van der Waals surface area contributed by atoms with Crippen LogP contribution in [0, 0.1) is 0 Å². The molecule has 2 bridgehead atoms. The van der Waals surface area contributed by atoms with Crippen molar-refractivity contribution in [2.75, 3.05) is 0 Å². The lowest BCUT2D eigenvalue weighted by Gasteiger charge is -2.22. The van der Waals surface area contributed by atoms with Crippen molar-refractivity contribution in [1.29, 1.82) is 0 Å². The molecule has 1 aromatic heterocycles. The Morgan fingerprint density at radius 3 is 2.73 bits per heavy atom. The molecule has 0 radical (unpaired) electrons. The van der Waals surface area contributed by atoms with E-state index in [0.29, 0.717) is 11.8 Å². The van der Waals surface area contributed by atoms with Crippen LogP contribution in [-0.4, -0.2) is 17.7 Å². The highest BCUT2D eigenvalue weighted by molar-refractivity contribution is 5.66. The molecule has 1 aromatic rings. The Bertz CT molecular complexity index is 699. The monoisotopic (exact) mass is 360 g/mol. The van der Waals surface area contributed by atoms with E-state index in [1.165, 1.54) is 12.5 Å². The maximum atomic E-state index is 11.8. The van der Waals surface area contributed by atoms with Gasteiger partial charge in [-0.05, 0) is 51.5 Å². The molecule has 1 fully saturated rings. The number of rotatable bonds is 2. The predicted molar refractivity (Wildman–Crippen MR) is 101 cm³/mol. The first-order valence-electron chi connectivity index (χ1n) is 9.86. The van der Waals surface area contributed by atoms with E-state index in [1.807, 2.05) is 6.92 Å². The molecule has 2 aliphatic rings. The van der Waals surface area contributed by atoms with E-state index in [9.17, 15) is 4.79 Å². The third-order valence-corrected chi connectivity index (χ3v) is 5.83. The molecule has 3 heterocycles. The van der Waals surface area contributed by atoms with Crippen LogP contribution < -0.4 is 0 Å².